The zero-order chi connectivity index (χ0) is 15.5. The molecule has 0 spiro atoms. The van der Waals surface area contributed by atoms with Crippen molar-refractivity contribution in [3.8, 4) is 0 Å². The van der Waals surface area contributed by atoms with Crippen LogP contribution in [0.4, 0.5) is 4.39 Å². The van der Waals surface area contributed by atoms with Gasteiger partial charge in [-0.1, -0.05) is 37.8 Å². The topological polar surface area (TPSA) is 23.5 Å². The van der Waals surface area contributed by atoms with Crippen molar-refractivity contribution in [1.29, 1.82) is 0 Å². The monoisotopic (exact) mass is 357 g/mol. The summed E-state index contributed by atoms with van der Waals surface area (Å²) in [4.78, 5) is 2.18. The number of benzene rings is 1. The Morgan fingerprint density at radius 1 is 1.24 bits per heavy atom. The molecule has 2 nitrogen and oxygen atoms in total. The lowest BCUT2D eigenvalue weighted by Gasteiger charge is -2.43. The Morgan fingerprint density at radius 2 is 1.86 bits per heavy atom. The van der Waals surface area contributed by atoms with Gasteiger partial charge in [0.25, 0.3) is 0 Å². The van der Waals surface area contributed by atoms with Crippen LogP contribution in [0.15, 0.2) is 22.7 Å². The van der Waals surface area contributed by atoms with Gasteiger partial charge in [-0.3, -0.25) is 0 Å². The van der Waals surface area contributed by atoms with E-state index in [1.54, 1.807) is 6.07 Å². The molecular formula is C17H25BrFNO. The minimum atomic E-state index is -0.483. The number of hydrogen-bond acceptors (Lipinski definition) is 2. The lowest BCUT2D eigenvalue weighted by molar-refractivity contribution is -0.0175. The number of nitrogens with zero attached hydrogens (tertiary/aromatic N) is 1. The molecule has 0 heterocycles. The number of rotatable bonds is 4. The van der Waals surface area contributed by atoms with Gasteiger partial charge in [0, 0.05) is 12.0 Å². The molecule has 2 rings (SSSR count). The quantitative estimate of drug-likeness (QED) is 0.818. The minimum absolute atomic E-state index is 0.192. The van der Waals surface area contributed by atoms with Gasteiger partial charge in [0.2, 0.25) is 0 Å². The zero-order valence-electron chi connectivity index (χ0n) is 12.9. The Balaban J connectivity index is 2.22. The van der Waals surface area contributed by atoms with Gasteiger partial charge in [-0.15, -0.1) is 0 Å². The smallest absolute Gasteiger partial charge is 0.137 e. The molecule has 0 aromatic heterocycles. The molecule has 1 aromatic carbocycles. The lowest BCUT2D eigenvalue weighted by Crippen LogP contribution is -2.54. The maximum atomic E-state index is 13.7. The van der Waals surface area contributed by atoms with Crippen LogP contribution in [-0.2, 0) is 6.42 Å². The highest BCUT2D eigenvalue weighted by Gasteiger charge is 2.40. The van der Waals surface area contributed by atoms with Crippen molar-refractivity contribution in [2.75, 3.05) is 14.1 Å². The van der Waals surface area contributed by atoms with Crippen LogP contribution < -0.4 is 0 Å². The number of aliphatic hydroxyl groups is 1. The largest absolute Gasteiger partial charge is 0.391 e. The van der Waals surface area contributed by atoms with Crippen LogP contribution in [-0.4, -0.2) is 35.7 Å². The van der Waals surface area contributed by atoms with Gasteiger partial charge in [-0.2, -0.15) is 0 Å². The summed E-state index contributed by atoms with van der Waals surface area (Å²) >= 11 is 3.30. The SMILES string of the molecule is CN(C)C1(C(O)Cc2cccc(F)c2Br)CCCCCC1. The molecule has 1 atom stereocenters. The first kappa shape index (κ1) is 16.9. The van der Waals surface area contributed by atoms with Crippen molar-refractivity contribution in [1.82, 2.24) is 4.90 Å². The van der Waals surface area contributed by atoms with Gasteiger partial charge < -0.3 is 10.0 Å². The molecule has 1 aliphatic rings. The molecule has 1 aliphatic carbocycles. The summed E-state index contributed by atoms with van der Waals surface area (Å²) in [6, 6.07) is 5.03. The molecule has 0 radical (unpaired) electrons. The Labute approximate surface area is 135 Å². The van der Waals surface area contributed by atoms with Gasteiger partial charge >= 0.3 is 0 Å². The van der Waals surface area contributed by atoms with Crippen molar-refractivity contribution >= 4 is 15.9 Å². The fraction of sp³-hybridized carbons (Fsp3) is 0.647. The Bertz CT molecular complexity index is 470. The fourth-order valence-corrected chi connectivity index (χ4v) is 3.95. The normalized spacial score (nSPS) is 20.3. The van der Waals surface area contributed by atoms with Crippen LogP contribution in [0.2, 0.25) is 0 Å². The van der Waals surface area contributed by atoms with E-state index < -0.39 is 6.10 Å². The van der Waals surface area contributed by atoms with E-state index in [9.17, 15) is 9.50 Å². The Hall–Kier alpha value is -0.450. The molecule has 0 saturated heterocycles. The minimum Gasteiger partial charge on any atom is -0.391 e. The summed E-state index contributed by atoms with van der Waals surface area (Å²) in [6.07, 6.45) is 6.80. The third kappa shape index (κ3) is 3.66. The molecule has 0 bridgehead atoms. The van der Waals surface area contributed by atoms with Gasteiger partial charge in [0.05, 0.1) is 10.6 Å². The van der Waals surface area contributed by atoms with Crippen LogP contribution >= 0.6 is 15.9 Å². The molecule has 0 aliphatic heterocycles. The molecule has 1 fully saturated rings. The number of hydrogen-bond donors (Lipinski definition) is 1. The number of halogens is 2. The summed E-state index contributed by atoms with van der Waals surface area (Å²) in [6.45, 7) is 0. The zero-order valence-corrected chi connectivity index (χ0v) is 14.5. The standard InChI is InChI=1S/C17H25BrFNO/c1-20(2)17(10-5-3-4-6-11-17)15(21)12-13-8-7-9-14(19)16(13)18/h7-9,15,21H,3-6,10-12H2,1-2H3. The molecule has 1 aromatic rings. The summed E-state index contributed by atoms with van der Waals surface area (Å²) < 4.78 is 14.1. The molecule has 118 valence electrons. The van der Waals surface area contributed by atoms with Crippen LogP contribution in [0.1, 0.15) is 44.1 Å². The Morgan fingerprint density at radius 3 is 2.43 bits per heavy atom. The van der Waals surface area contributed by atoms with E-state index in [1.165, 1.54) is 18.9 Å². The molecule has 1 saturated carbocycles. The predicted molar refractivity (Wildman–Crippen MR) is 87.9 cm³/mol. The maximum absolute atomic E-state index is 13.7. The van der Waals surface area contributed by atoms with E-state index in [2.05, 4.69) is 34.9 Å². The molecule has 1 N–H and O–H groups in total. The second kappa shape index (κ2) is 7.21. The predicted octanol–water partition coefficient (Wildman–Crippen LogP) is 4.15. The summed E-state index contributed by atoms with van der Waals surface area (Å²) in [5.74, 6) is -0.264. The summed E-state index contributed by atoms with van der Waals surface area (Å²) in [5, 5.41) is 10.9. The third-order valence-electron chi connectivity index (χ3n) is 4.93. The van der Waals surface area contributed by atoms with Crippen molar-refractivity contribution < 1.29 is 9.50 Å². The second-order valence-corrected chi connectivity index (χ2v) is 7.14. The highest BCUT2D eigenvalue weighted by atomic mass is 79.9. The van der Waals surface area contributed by atoms with Crippen molar-refractivity contribution in [2.45, 2.75) is 56.6 Å². The van der Waals surface area contributed by atoms with E-state index in [0.29, 0.717) is 10.9 Å². The first-order valence-corrected chi connectivity index (χ1v) is 8.55. The van der Waals surface area contributed by atoms with Crippen molar-refractivity contribution in [2.24, 2.45) is 0 Å². The van der Waals surface area contributed by atoms with E-state index in [4.69, 9.17) is 0 Å². The lowest BCUT2D eigenvalue weighted by atomic mass is 9.80. The first-order valence-electron chi connectivity index (χ1n) is 7.76. The highest BCUT2D eigenvalue weighted by molar-refractivity contribution is 9.10. The fourth-order valence-electron chi connectivity index (χ4n) is 3.52. The van der Waals surface area contributed by atoms with Gasteiger partial charge in [-0.05, 0) is 54.5 Å². The van der Waals surface area contributed by atoms with Crippen LogP contribution in [0.25, 0.3) is 0 Å². The highest BCUT2D eigenvalue weighted by Crippen LogP contribution is 2.36. The number of likely N-dealkylation sites (N-methyl/N-ethyl adjacent to an activating group) is 1. The van der Waals surface area contributed by atoms with Crippen molar-refractivity contribution in [3.63, 3.8) is 0 Å². The summed E-state index contributed by atoms with van der Waals surface area (Å²) in [7, 11) is 4.10. The van der Waals surface area contributed by atoms with E-state index in [1.807, 2.05) is 6.07 Å². The van der Waals surface area contributed by atoms with Crippen LogP contribution in [0, 0.1) is 5.82 Å². The van der Waals surface area contributed by atoms with E-state index in [0.717, 1.165) is 31.2 Å². The Kier molecular flexibility index (Phi) is 5.81. The van der Waals surface area contributed by atoms with Crippen LogP contribution in [0.3, 0.4) is 0 Å². The molecule has 4 heteroatoms. The molecule has 0 amide bonds. The average Bonchev–Trinajstić information content (AvgIpc) is 2.70. The van der Waals surface area contributed by atoms with Gasteiger partial charge in [0.15, 0.2) is 0 Å². The maximum Gasteiger partial charge on any atom is 0.137 e. The van der Waals surface area contributed by atoms with E-state index in [-0.39, 0.29) is 11.4 Å². The second-order valence-electron chi connectivity index (χ2n) is 6.35. The molecular weight excluding hydrogens is 333 g/mol. The van der Waals surface area contributed by atoms with Crippen molar-refractivity contribution in [3.05, 3.63) is 34.1 Å². The van der Waals surface area contributed by atoms with Gasteiger partial charge in [0.1, 0.15) is 5.82 Å². The first-order chi connectivity index (χ1) is 9.97. The summed E-state index contributed by atoms with van der Waals surface area (Å²) in [5.41, 5.74) is 0.649. The van der Waals surface area contributed by atoms with Gasteiger partial charge in [-0.25, -0.2) is 4.39 Å². The van der Waals surface area contributed by atoms with Crippen LogP contribution in [0.5, 0.6) is 0 Å². The third-order valence-corrected chi connectivity index (χ3v) is 5.81. The van der Waals surface area contributed by atoms with E-state index >= 15 is 0 Å². The molecule has 1 unspecified atom stereocenters. The number of aliphatic hydroxyl groups excluding tert-OH is 1. The molecule has 21 heavy (non-hydrogen) atoms. The average molecular weight is 358 g/mol.